The van der Waals surface area contributed by atoms with Gasteiger partial charge in [0.25, 0.3) is 5.91 Å². The van der Waals surface area contributed by atoms with Crippen molar-refractivity contribution in [3.8, 4) is 0 Å². The summed E-state index contributed by atoms with van der Waals surface area (Å²) in [6, 6.07) is 18.1. The van der Waals surface area contributed by atoms with E-state index in [4.69, 9.17) is 10.5 Å². The zero-order valence-electron chi connectivity index (χ0n) is 16.5. The lowest BCUT2D eigenvalue weighted by atomic mass is 10.1. The Hall–Kier alpha value is -3.87. The minimum atomic E-state index is -0.453. The Balaban J connectivity index is 1.37. The minimum absolute atomic E-state index is 0.192. The van der Waals surface area contributed by atoms with Gasteiger partial charge in [-0.15, -0.1) is 0 Å². The molecule has 3 aromatic rings. The number of rotatable bonds is 8. The molecule has 0 aliphatic heterocycles. The maximum absolute atomic E-state index is 12.3. The second-order valence-electron chi connectivity index (χ2n) is 6.71. The Bertz CT molecular complexity index is 975. The number of ether oxygens (including phenoxy) is 1. The second kappa shape index (κ2) is 10.6. The Morgan fingerprint density at radius 2 is 1.77 bits per heavy atom. The first kappa shape index (κ1) is 20.9. The number of aryl methyl sites for hydroxylation is 1. The molecular formula is C23H24N4O3. The molecule has 1 heterocycles. The fourth-order valence-electron chi connectivity index (χ4n) is 2.79. The number of aromatic nitrogens is 1. The Kier molecular flexibility index (Phi) is 7.38. The van der Waals surface area contributed by atoms with Gasteiger partial charge in [0.05, 0.1) is 11.4 Å². The van der Waals surface area contributed by atoms with E-state index in [9.17, 15) is 9.59 Å². The molecule has 0 atom stereocenters. The largest absolute Gasteiger partial charge is 0.445 e. The van der Waals surface area contributed by atoms with Gasteiger partial charge in [-0.05, 0) is 48.7 Å². The lowest BCUT2D eigenvalue weighted by Crippen LogP contribution is -2.25. The predicted octanol–water partition coefficient (Wildman–Crippen LogP) is 3.78. The lowest BCUT2D eigenvalue weighted by molar-refractivity contribution is 0.102. The molecule has 7 heteroatoms. The molecule has 0 spiro atoms. The van der Waals surface area contributed by atoms with Gasteiger partial charge >= 0.3 is 6.09 Å². The number of nitrogens with one attached hydrogen (secondary N) is 2. The van der Waals surface area contributed by atoms with E-state index in [1.807, 2.05) is 30.3 Å². The average molecular weight is 404 g/mol. The summed E-state index contributed by atoms with van der Waals surface area (Å²) in [7, 11) is 0. The van der Waals surface area contributed by atoms with Crippen LogP contribution in [0.3, 0.4) is 0 Å². The van der Waals surface area contributed by atoms with E-state index in [2.05, 4.69) is 15.6 Å². The van der Waals surface area contributed by atoms with Gasteiger partial charge in [-0.2, -0.15) is 0 Å². The van der Waals surface area contributed by atoms with Crippen LogP contribution in [0.1, 0.15) is 27.9 Å². The maximum atomic E-state index is 12.3. The minimum Gasteiger partial charge on any atom is -0.445 e. The average Bonchev–Trinajstić information content (AvgIpc) is 2.78. The van der Waals surface area contributed by atoms with E-state index >= 15 is 0 Å². The van der Waals surface area contributed by atoms with Crippen molar-refractivity contribution >= 4 is 23.4 Å². The second-order valence-corrected chi connectivity index (χ2v) is 6.71. The van der Waals surface area contributed by atoms with E-state index in [-0.39, 0.29) is 12.5 Å². The molecule has 0 unspecified atom stereocenters. The first-order valence-electron chi connectivity index (χ1n) is 9.66. The van der Waals surface area contributed by atoms with Crippen molar-refractivity contribution in [2.75, 3.05) is 17.6 Å². The number of para-hydroxylation sites is 2. The summed E-state index contributed by atoms with van der Waals surface area (Å²) in [4.78, 5) is 28.0. The van der Waals surface area contributed by atoms with Gasteiger partial charge in [0, 0.05) is 30.1 Å². The van der Waals surface area contributed by atoms with Crippen LogP contribution in [-0.4, -0.2) is 23.5 Å². The number of carbonyl (C=O) groups excluding carboxylic acids is 2. The van der Waals surface area contributed by atoms with Crippen LogP contribution in [0.2, 0.25) is 0 Å². The summed E-state index contributed by atoms with van der Waals surface area (Å²) < 4.78 is 5.14. The molecule has 0 saturated heterocycles. The highest BCUT2D eigenvalue weighted by Crippen LogP contribution is 2.18. The zero-order valence-corrected chi connectivity index (χ0v) is 16.5. The van der Waals surface area contributed by atoms with Crippen molar-refractivity contribution in [2.45, 2.75) is 19.4 Å². The molecule has 0 bridgehead atoms. The van der Waals surface area contributed by atoms with Crippen LogP contribution in [0.25, 0.3) is 0 Å². The van der Waals surface area contributed by atoms with E-state index < -0.39 is 6.09 Å². The van der Waals surface area contributed by atoms with Gasteiger partial charge in [0.15, 0.2) is 0 Å². The predicted molar refractivity (Wildman–Crippen MR) is 116 cm³/mol. The molecule has 154 valence electrons. The molecule has 0 aliphatic rings. The normalized spacial score (nSPS) is 10.3. The number of nitrogen functional groups attached to an aromatic ring is 1. The number of nitrogens with two attached hydrogens (primary N) is 1. The van der Waals surface area contributed by atoms with Crippen LogP contribution in [-0.2, 0) is 17.8 Å². The van der Waals surface area contributed by atoms with Crippen LogP contribution in [0.4, 0.5) is 16.2 Å². The van der Waals surface area contributed by atoms with Crippen molar-refractivity contribution in [3.63, 3.8) is 0 Å². The fraction of sp³-hybridized carbons (Fsp3) is 0.174. The number of hydrogen-bond acceptors (Lipinski definition) is 5. The third-order valence-electron chi connectivity index (χ3n) is 4.43. The third-order valence-corrected chi connectivity index (χ3v) is 4.43. The molecule has 0 saturated carbocycles. The summed E-state index contributed by atoms with van der Waals surface area (Å²) in [5.41, 5.74) is 9.44. The molecule has 0 fully saturated rings. The summed E-state index contributed by atoms with van der Waals surface area (Å²) in [6.07, 6.45) is 4.41. The van der Waals surface area contributed by atoms with Gasteiger partial charge in [-0.3, -0.25) is 9.78 Å². The molecule has 7 nitrogen and oxygen atoms in total. The number of anilines is 2. The van der Waals surface area contributed by atoms with Crippen LogP contribution in [0, 0.1) is 0 Å². The summed E-state index contributed by atoms with van der Waals surface area (Å²) in [5, 5.41) is 5.53. The first-order valence-corrected chi connectivity index (χ1v) is 9.66. The summed E-state index contributed by atoms with van der Waals surface area (Å²) in [5.74, 6) is -0.211. The highest BCUT2D eigenvalue weighted by Gasteiger charge is 2.08. The molecule has 0 aliphatic carbocycles. The molecule has 2 aromatic carbocycles. The topological polar surface area (TPSA) is 106 Å². The molecule has 1 aromatic heterocycles. The quantitative estimate of drug-likeness (QED) is 0.391. The van der Waals surface area contributed by atoms with Crippen LogP contribution >= 0.6 is 0 Å². The zero-order chi connectivity index (χ0) is 21.2. The van der Waals surface area contributed by atoms with Crippen LogP contribution < -0.4 is 16.4 Å². The van der Waals surface area contributed by atoms with E-state index in [0.717, 1.165) is 24.0 Å². The van der Waals surface area contributed by atoms with Gasteiger partial charge in [0.2, 0.25) is 0 Å². The van der Waals surface area contributed by atoms with E-state index in [0.29, 0.717) is 23.5 Å². The van der Waals surface area contributed by atoms with Crippen molar-refractivity contribution in [3.05, 3.63) is 89.7 Å². The van der Waals surface area contributed by atoms with Crippen LogP contribution in [0.5, 0.6) is 0 Å². The Morgan fingerprint density at radius 1 is 0.967 bits per heavy atom. The maximum Gasteiger partial charge on any atom is 0.407 e. The monoisotopic (exact) mass is 404 g/mol. The van der Waals surface area contributed by atoms with Gasteiger partial charge in [-0.25, -0.2) is 4.79 Å². The highest BCUT2D eigenvalue weighted by molar-refractivity contribution is 6.05. The number of pyridine rings is 1. The van der Waals surface area contributed by atoms with Gasteiger partial charge in [-0.1, -0.05) is 30.3 Å². The third kappa shape index (κ3) is 6.34. The molecule has 3 rings (SSSR count). The lowest BCUT2D eigenvalue weighted by Gasteiger charge is -2.09. The number of alkyl carbamates (subject to hydrolysis) is 1. The van der Waals surface area contributed by atoms with Crippen molar-refractivity contribution in [1.29, 1.82) is 0 Å². The number of hydrogen-bond donors (Lipinski definition) is 3. The Morgan fingerprint density at radius 3 is 2.50 bits per heavy atom. The summed E-state index contributed by atoms with van der Waals surface area (Å²) in [6.45, 7) is 0.694. The number of benzene rings is 2. The highest BCUT2D eigenvalue weighted by atomic mass is 16.5. The van der Waals surface area contributed by atoms with Crippen LogP contribution in [0.15, 0.2) is 73.1 Å². The number of amides is 2. The van der Waals surface area contributed by atoms with Crippen molar-refractivity contribution in [2.24, 2.45) is 0 Å². The molecule has 2 amide bonds. The molecule has 30 heavy (non-hydrogen) atoms. The standard InChI is InChI=1S/C23H24N4O3/c24-20-7-1-2-8-21(20)27-22(28)19-11-9-17(10-12-19)5-4-14-26-23(29)30-16-18-6-3-13-25-15-18/h1-3,6-13,15H,4-5,14,16,24H2,(H,26,29)(H,27,28). The SMILES string of the molecule is Nc1ccccc1NC(=O)c1ccc(CCCNC(=O)OCc2cccnc2)cc1. The molecule has 0 radical (unpaired) electrons. The number of nitrogens with zero attached hydrogens (tertiary/aromatic N) is 1. The molecule has 4 N–H and O–H groups in total. The van der Waals surface area contributed by atoms with Gasteiger partial charge in [0.1, 0.15) is 6.61 Å². The van der Waals surface area contributed by atoms with E-state index in [1.165, 1.54) is 0 Å². The molecular weight excluding hydrogens is 380 g/mol. The number of carbonyl (C=O) groups is 2. The Labute approximate surface area is 175 Å². The van der Waals surface area contributed by atoms with Crippen molar-refractivity contribution in [1.82, 2.24) is 10.3 Å². The smallest absolute Gasteiger partial charge is 0.407 e. The van der Waals surface area contributed by atoms with E-state index in [1.54, 1.807) is 42.7 Å². The van der Waals surface area contributed by atoms with Gasteiger partial charge < -0.3 is 21.1 Å². The summed E-state index contributed by atoms with van der Waals surface area (Å²) >= 11 is 0. The fourth-order valence-corrected chi connectivity index (χ4v) is 2.79. The first-order chi connectivity index (χ1) is 14.6. The van der Waals surface area contributed by atoms with Crippen molar-refractivity contribution < 1.29 is 14.3 Å².